The molecule has 1 aliphatic rings. The normalized spacial score (nSPS) is 28.2. The summed E-state index contributed by atoms with van der Waals surface area (Å²) in [7, 11) is 0. The van der Waals surface area contributed by atoms with Crippen molar-refractivity contribution in [1.29, 1.82) is 0 Å². The Hall–Kier alpha value is -1.21. The van der Waals surface area contributed by atoms with Crippen molar-refractivity contribution < 1.29 is 30.0 Å². The Morgan fingerprint density at radius 3 is 2.72 bits per heavy atom. The van der Waals surface area contributed by atoms with E-state index in [0.29, 0.717) is 32.3 Å². The van der Waals surface area contributed by atoms with E-state index in [4.69, 9.17) is 9.84 Å². The standard InChI is InChI=1S/C19H32O6/c1-2-11-25-13-14(20)9-10-16-15(17(21)12-18(16)22)7-5-3-4-6-8-19(23)24/h3,5,9-10,14-18,20-22H,2,4,6-8,11-13H2,1H3,(H,23,24)/b5-3-,10-9+/t14-,15-,16-,17+,18-/m1/s1. The van der Waals surface area contributed by atoms with Gasteiger partial charge in [-0.15, -0.1) is 0 Å². The molecule has 0 aliphatic heterocycles. The SMILES string of the molecule is CCCOC[C@H](O)/C=C/[C@@H]1[C@@H](C/C=C\CCCC(=O)O)[C@@H](O)C[C@H]1O. The van der Waals surface area contributed by atoms with Gasteiger partial charge in [-0.3, -0.25) is 4.79 Å². The Balaban J connectivity index is 2.46. The molecule has 0 radical (unpaired) electrons. The van der Waals surface area contributed by atoms with Crippen LogP contribution in [0.1, 0.15) is 45.4 Å². The molecule has 1 fully saturated rings. The molecule has 0 aromatic heterocycles. The Morgan fingerprint density at radius 2 is 2.04 bits per heavy atom. The lowest BCUT2D eigenvalue weighted by Crippen LogP contribution is -2.21. The van der Waals surface area contributed by atoms with Crippen LogP contribution in [0, 0.1) is 11.8 Å². The molecule has 1 aliphatic carbocycles. The molecule has 144 valence electrons. The summed E-state index contributed by atoms with van der Waals surface area (Å²) in [5.41, 5.74) is 0. The molecule has 0 aromatic carbocycles. The third-order valence-corrected chi connectivity index (χ3v) is 4.44. The number of carbonyl (C=O) groups is 1. The summed E-state index contributed by atoms with van der Waals surface area (Å²) in [6, 6.07) is 0. The fourth-order valence-electron chi connectivity index (χ4n) is 3.11. The zero-order valence-corrected chi connectivity index (χ0v) is 15.0. The van der Waals surface area contributed by atoms with E-state index in [1.54, 1.807) is 12.2 Å². The van der Waals surface area contributed by atoms with Crippen LogP contribution in [0.5, 0.6) is 0 Å². The first kappa shape index (κ1) is 21.8. The molecule has 4 N–H and O–H groups in total. The van der Waals surface area contributed by atoms with Crippen molar-refractivity contribution >= 4 is 5.97 Å². The molecule has 1 rings (SSSR count). The number of unbranched alkanes of at least 4 members (excludes halogenated alkanes) is 1. The number of aliphatic hydroxyl groups is 3. The van der Waals surface area contributed by atoms with E-state index < -0.39 is 24.3 Å². The molecule has 0 bridgehead atoms. The molecule has 0 aromatic rings. The number of carboxylic acid groups (broad SMARTS) is 1. The van der Waals surface area contributed by atoms with Crippen molar-refractivity contribution in [3.8, 4) is 0 Å². The van der Waals surface area contributed by atoms with Crippen LogP contribution >= 0.6 is 0 Å². The van der Waals surface area contributed by atoms with Gasteiger partial charge >= 0.3 is 5.97 Å². The molecule has 1 saturated carbocycles. The van der Waals surface area contributed by atoms with Gasteiger partial charge in [-0.2, -0.15) is 0 Å². The lowest BCUT2D eigenvalue weighted by atomic mass is 9.89. The van der Waals surface area contributed by atoms with Gasteiger partial charge in [-0.05, 0) is 31.6 Å². The number of hydrogen-bond donors (Lipinski definition) is 4. The van der Waals surface area contributed by atoms with Gasteiger partial charge in [-0.1, -0.05) is 31.2 Å². The molecule has 5 atom stereocenters. The van der Waals surface area contributed by atoms with E-state index in [1.807, 2.05) is 19.1 Å². The highest BCUT2D eigenvalue weighted by atomic mass is 16.5. The third-order valence-electron chi connectivity index (χ3n) is 4.44. The van der Waals surface area contributed by atoms with Crippen LogP contribution in [0.2, 0.25) is 0 Å². The number of hydrogen-bond acceptors (Lipinski definition) is 5. The highest BCUT2D eigenvalue weighted by Gasteiger charge is 2.39. The van der Waals surface area contributed by atoms with Crippen LogP contribution in [0.15, 0.2) is 24.3 Å². The highest BCUT2D eigenvalue weighted by Crippen LogP contribution is 2.36. The minimum Gasteiger partial charge on any atom is -0.481 e. The quantitative estimate of drug-likeness (QED) is 0.314. The highest BCUT2D eigenvalue weighted by molar-refractivity contribution is 5.66. The minimum absolute atomic E-state index is 0.106. The summed E-state index contributed by atoms with van der Waals surface area (Å²) in [5, 5.41) is 38.8. The second-order valence-electron chi connectivity index (χ2n) is 6.63. The molecule has 0 saturated heterocycles. The van der Waals surface area contributed by atoms with Gasteiger partial charge in [0, 0.05) is 25.4 Å². The van der Waals surface area contributed by atoms with Crippen molar-refractivity contribution in [3.63, 3.8) is 0 Å². The maximum Gasteiger partial charge on any atom is 0.303 e. The second kappa shape index (κ2) is 12.2. The van der Waals surface area contributed by atoms with Crippen molar-refractivity contribution in [1.82, 2.24) is 0 Å². The number of rotatable bonds is 12. The maximum absolute atomic E-state index is 10.5. The second-order valence-corrected chi connectivity index (χ2v) is 6.63. The molecule has 0 spiro atoms. The van der Waals surface area contributed by atoms with Crippen molar-refractivity contribution in [2.75, 3.05) is 13.2 Å². The van der Waals surface area contributed by atoms with Crippen LogP contribution in [0.3, 0.4) is 0 Å². The van der Waals surface area contributed by atoms with Gasteiger partial charge in [0.05, 0.1) is 24.9 Å². The molecule has 6 heteroatoms. The summed E-state index contributed by atoms with van der Waals surface area (Å²) in [5.74, 6) is -1.11. The maximum atomic E-state index is 10.5. The number of aliphatic hydroxyl groups excluding tert-OH is 3. The summed E-state index contributed by atoms with van der Waals surface area (Å²) in [6.45, 7) is 2.83. The molecular formula is C19H32O6. The van der Waals surface area contributed by atoms with Crippen LogP contribution < -0.4 is 0 Å². The van der Waals surface area contributed by atoms with Gasteiger partial charge in [0.25, 0.3) is 0 Å². The summed E-state index contributed by atoms with van der Waals surface area (Å²) >= 11 is 0. The molecule has 25 heavy (non-hydrogen) atoms. The van der Waals surface area contributed by atoms with Gasteiger partial charge in [0.15, 0.2) is 0 Å². The Kier molecular flexibility index (Phi) is 10.6. The zero-order valence-electron chi connectivity index (χ0n) is 15.0. The third kappa shape index (κ3) is 8.63. The number of aliphatic carboxylic acids is 1. The number of allylic oxidation sites excluding steroid dienone is 2. The van der Waals surface area contributed by atoms with E-state index in [0.717, 1.165) is 6.42 Å². The van der Waals surface area contributed by atoms with Crippen molar-refractivity contribution in [2.24, 2.45) is 11.8 Å². The van der Waals surface area contributed by atoms with Crippen molar-refractivity contribution in [3.05, 3.63) is 24.3 Å². The van der Waals surface area contributed by atoms with Gasteiger partial charge in [0.1, 0.15) is 0 Å². The fourth-order valence-corrected chi connectivity index (χ4v) is 3.11. The lowest BCUT2D eigenvalue weighted by molar-refractivity contribution is -0.137. The lowest BCUT2D eigenvalue weighted by Gasteiger charge is -2.19. The van der Waals surface area contributed by atoms with Crippen LogP contribution in [0.4, 0.5) is 0 Å². The average molecular weight is 356 g/mol. The first-order valence-electron chi connectivity index (χ1n) is 9.12. The van der Waals surface area contributed by atoms with E-state index in [1.165, 1.54) is 0 Å². The van der Waals surface area contributed by atoms with Crippen molar-refractivity contribution in [2.45, 2.75) is 63.8 Å². The topological polar surface area (TPSA) is 107 Å². The smallest absolute Gasteiger partial charge is 0.303 e. The molecule has 0 unspecified atom stereocenters. The van der Waals surface area contributed by atoms with E-state index in [9.17, 15) is 20.1 Å². The Bertz CT molecular complexity index is 434. The average Bonchev–Trinajstić information content (AvgIpc) is 2.82. The van der Waals surface area contributed by atoms with Crippen LogP contribution in [-0.4, -0.2) is 57.9 Å². The van der Waals surface area contributed by atoms with Crippen LogP contribution in [-0.2, 0) is 9.53 Å². The summed E-state index contributed by atoms with van der Waals surface area (Å²) in [4.78, 5) is 10.5. The van der Waals surface area contributed by atoms with Gasteiger partial charge in [0.2, 0.25) is 0 Å². The predicted octanol–water partition coefficient (Wildman–Crippen LogP) is 1.89. The monoisotopic (exact) mass is 356 g/mol. The summed E-state index contributed by atoms with van der Waals surface area (Å²) < 4.78 is 5.29. The predicted molar refractivity (Wildman–Crippen MR) is 95.1 cm³/mol. The van der Waals surface area contributed by atoms with E-state index >= 15 is 0 Å². The zero-order chi connectivity index (χ0) is 18.7. The Morgan fingerprint density at radius 1 is 1.28 bits per heavy atom. The Labute approximate surface area is 149 Å². The first-order chi connectivity index (χ1) is 12.0. The molecular weight excluding hydrogens is 324 g/mol. The molecule has 6 nitrogen and oxygen atoms in total. The molecule has 0 heterocycles. The van der Waals surface area contributed by atoms with Gasteiger partial charge in [-0.25, -0.2) is 0 Å². The van der Waals surface area contributed by atoms with Crippen LogP contribution in [0.25, 0.3) is 0 Å². The fraction of sp³-hybridized carbons (Fsp3) is 0.737. The molecule has 0 amide bonds. The van der Waals surface area contributed by atoms with E-state index in [2.05, 4.69) is 0 Å². The summed E-state index contributed by atoms with van der Waals surface area (Å²) in [6.07, 6.45) is 8.62. The largest absolute Gasteiger partial charge is 0.481 e. The number of ether oxygens (including phenoxy) is 1. The minimum atomic E-state index is -0.797. The number of carboxylic acids is 1. The van der Waals surface area contributed by atoms with Gasteiger partial charge < -0.3 is 25.2 Å². The van der Waals surface area contributed by atoms with E-state index in [-0.39, 0.29) is 24.9 Å². The first-order valence-corrected chi connectivity index (χ1v) is 9.12.